The molecule has 0 aliphatic carbocycles. The van der Waals surface area contributed by atoms with Gasteiger partial charge < -0.3 is 10.1 Å². The van der Waals surface area contributed by atoms with E-state index in [4.69, 9.17) is 4.74 Å². The van der Waals surface area contributed by atoms with Gasteiger partial charge in [0.1, 0.15) is 0 Å². The van der Waals surface area contributed by atoms with Crippen molar-refractivity contribution < 1.29 is 4.74 Å². The highest BCUT2D eigenvalue weighted by Gasteiger charge is 2.03. The van der Waals surface area contributed by atoms with E-state index in [0.717, 1.165) is 36.3 Å². The maximum absolute atomic E-state index is 5.01. The number of nitrogens with zero attached hydrogens (tertiary/aromatic N) is 2. The molecule has 0 bridgehead atoms. The van der Waals surface area contributed by atoms with E-state index in [1.165, 1.54) is 5.56 Å². The highest BCUT2D eigenvalue weighted by Crippen LogP contribution is 2.18. The summed E-state index contributed by atoms with van der Waals surface area (Å²) in [6.45, 7) is 2.45. The van der Waals surface area contributed by atoms with Crippen LogP contribution in [-0.2, 0) is 11.3 Å². The lowest BCUT2D eigenvalue weighted by molar-refractivity contribution is 0.199. The van der Waals surface area contributed by atoms with Gasteiger partial charge in [-0.3, -0.25) is 0 Å². The lowest BCUT2D eigenvalue weighted by Gasteiger charge is -2.07. The van der Waals surface area contributed by atoms with E-state index < -0.39 is 0 Å². The van der Waals surface area contributed by atoms with Crippen LogP contribution in [0.2, 0.25) is 0 Å². The Morgan fingerprint density at radius 2 is 1.90 bits per heavy atom. The summed E-state index contributed by atoms with van der Waals surface area (Å²) in [6.07, 6.45) is 1.90. The van der Waals surface area contributed by atoms with Crippen LogP contribution in [0.4, 0.5) is 0 Å². The van der Waals surface area contributed by atoms with Gasteiger partial charge in [-0.15, -0.1) is 0 Å². The lowest BCUT2D eigenvalue weighted by Crippen LogP contribution is -2.18. The molecule has 0 radical (unpaired) electrons. The Hall–Kier alpha value is -2.17. The first-order valence-electron chi connectivity index (χ1n) is 7.10. The van der Waals surface area contributed by atoms with Gasteiger partial charge in [-0.25, -0.2) is 4.68 Å². The van der Waals surface area contributed by atoms with Crippen molar-refractivity contribution in [1.29, 1.82) is 0 Å². The first kappa shape index (κ1) is 13.8. The molecule has 1 aromatic heterocycles. The fourth-order valence-corrected chi connectivity index (χ4v) is 2.34. The molecule has 0 fully saturated rings. The summed E-state index contributed by atoms with van der Waals surface area (Å²) in [4.78, 5) is 0. The van der Waals surface area contributed by atoms with Gasteiger partial charge in [-0.05, 0) is 23.8 Å². The highest BCUT2D eigenvalue weighted by molar-refractivity contribution is 5.80. The molecule has 1 N–H and O–H groups in total. The molecule has 108 valence electrons. The van der Waals surface area contributed by atoms with Crippen molar-refractivity contribution in [3.8, 4) is 5.69 Å². The fourth-order valence-electron chi connectivity index (χ4n) is 2.34. The Balaban J connectivity index is 1.75. The zero-order chi connectivity index (χ0) is 14.5. The van der Waals surface area contributed by atoms with Gasteiger partial charge >= 0.3 is 0 Å². The molecule has 0 unspecified atom stereocenters. The number of benzene rings is 2. The number of aromatic nitrogens is 2. The zero-order valence-electron chi connectivity index (χ0n) is 12.1. The number of hydrogen-bond donors (Lipinski definition) is 1. The second-order valence-electron chi connectivity index (χ2n) is 4.95. The highest BCUT2D eigenvalue weighted by atomic mass is 16.5. The van der Waals surface area contributed by atoms with Gasteiger partial charge in [0, 0.05) is 25.6 Å². The number of hydrogen-bond acceptors (Lipinski definition) is 3. The van der Waals surface area contributed by atoms with Gasteiger partial charge in [0.15, 0.2) is 0 Å². The van der Waals surface area contributed by atoms with Crippen LogP contribution in [0.15, 0.2) is 54.7 Å². The maximum atomic E-state index is 5.01. The number of rotatable bonds is 6. The van der Waals surface area contributed by atoms with Crippen molar-refractivity contribution in [1.82, 2.24) is 15.1 Å². The molecule has 0 saturated carbocycles. The minimum atomic E-state index is 0.733. The van der Waals surface area contributed by atoms with Gasteiger partial charge in [0.05, 0.1) is 24.0 Å². The summed E-state index contributed by atoms with van der Waals surface area (Å²) in [5, 5.41) is 8.96. The van der Waals surface area contributed by atoms with Crippen molar-refractivity contribution in [2.75, 3.05) is 20.3 Å². The van der Waals surface area contributed by atoms with Crippen molar-refractivity contribution in [3.05, 3.63) is 60.3 Å². The van der Waals surface area contributed by atoms with E-state index in [0.29, 0.717) is 0 Å². The summed E-state index contributed by atoms with van der Waals surface area (Å²) in [5.41, 5.74) is 3.46. The van der Waals surface area contributed by atoms with Gasteiger partial charge in [0.25, 0.3) is 0 Å². The number of fused-ring (bicyclic) bond motifs is 1. The van der Waals surface area contributed by atoms with Crippen LogP contribution >= 0.6 is 0 Å². The number of ether oxygens (including phenoxy) is 1. The third kappa shape index (κ3) is 3.12. The molecule has 0 saturated heterocycles. The number of nitrogens with one attached hydrogen (secondary N) is 1. The largest absolute Gasteiger partial charge is 0.383 e. The Morgan fingerprint density at radius 1 is 1.10 bits per heavy atom. The summed E-state index contributed by atoms with van der Waals surface area (Å²) in [6, 6.07) is 16.7. The first-order chi connectivity index (χ1) is 10.4. The van der Waals surface area contributed by atoms with E-state index in [1.807, 2.05) is 23.0 Å². The van der Waals surface area contributed by atoms with Crippen molar-refractivity contribution >= 4 is 10.9 Å². The average Bonchev–Trinajstić information content (AvgIpc) is 2.96. The molecule has 4 heteroatoms. The van der Waals surface area contributed by atoms with Gasteiger partial charge in [-0.2, -0.15) is 5.10 Å². The summed E-state index contributed by atoms with van der Waals surface area (Å²) in [5.74, 6) is 0. The Morgan fingerprint density at radius 3 is 2.71 bits per heavy atom. The van der Waals surface area contributed by atoms with Crippen LogP contribution in [0.5, 0.6) is 0 Å². The number of methoxy groups -OCH3 is 1. The van der Waals surface area contributed by atoms with Crippen molar-refractivity contribution in [2.24, 2.45) is 0 Å². The van der Waals surface area contributed by atoms with Crippen LogP contribution in [0.3, 0.4) is 0 Å². The van der Waals surface area contributed by atoms with Crippen LogP contribution in [0.25, 0.3) is 16.6 Å². The predicted octanol–water partition coefficient (Wildman–Crippen LogP) is 2.76. The molecule has 1 heterocycles. The molecule has 0 aliphatic rings. The quantitative estimate of drug-likeness (QED) is 0.706. The summed E-state index contributed by atoms with van der Waals surface area (Å²) < 4.78 is 6.98. The molecular weight excluding hydrogens is 262 g/mol. The van der Waals surface area contributed by atoms with E-state index in [1.54, 1.807) is 7.11 Å². The molecule has 0 aliphatic heterocycles. The third-order valence-corrected chi connectivity index (χ3v) is 3.47. The standard InChI is InChI=1S/C17H19N3O/c1-21-11-10-18-12-14-6-8-16(9-7-14)20-17-5-3-2-4-15(17)13-19-20/h2-9,13,18H,10-12H2,1H3. The van der Waals surface area contributed by atoms with Crippen LogP contribution in [-0.4, -0.2) is 30.0 Å². The van der Waals surface area contributed by atoms with Crippen LogP contribution in [0, 0.1) is 0 Å². The molecule has 2 aromatic carbocycles. The summed E-state index contributed by atoms with van der Waals surface area (Å²) in [7, 11) is 1.71. The van der Waals surface area contributed by atoms with Crippen LogP contribution in [0.1, 0.15) is 5.56 Å². The first-order valence-corrected chi connectivity index (χ1v) is 7.10. The molecule has 0 atom stereocenters. The van der Waals surface area contributed by atoms with Crippen molar-refractivity contribution in [3.63, 3.8) is 0 Å². The lowest BCUT2D eigenvalue weighted by atomic mass is 10.2. The second-order valence-corrected chi connectivity index (χ2v) is 4.95. The molecule has 0 spiro atoms. The Labute approximate surface area is 124 Å². The molecule has 0 amide bonds. The van der Waals surface area contributed by atoms with E-state index in [-0.39, 0.29) is 0 Å². The summed E-state index contributed by atoms with van der Waals surface area (Å²) >= 11 is 0. The maximum Gasteiger partial charge on any atom is 0.0741 e. The SMILES string of the molecule is COCCNCc1ccc(-n2ncc3ccccc32)cc1. The normalized spacial score (nSPS) is 11.1. The van der Waals surface area contributed by atoms with Crippen molar-refractivity contribution in [2.45, 2.75) is 6.54 Å². The minimum absolute atomic E-state index is 0.733. The van der Waals surface area contributed by atoms with E-state index in [9.17, 15) is 0 Å². The number of para-hydroxylation sites is 1. The smallest absolute Gasteiger partial charge is 0.0741 e. The van der Waals surface area contributed by atoms with E-state index >= 15 is 0 Å². The average molecular weight is 281 g/mol. The monoisotopic (exact) mass is 281 g/mol. The molecule has 4 nitrogen and oxygen atoms in total. The molecular formula is C17H19N3O. The second kappa shape index (κ2) is 6.52. The fraction of sp³-hybridized carbons (Fsp3) is 0.235. The zero-order valence-corrected chi connectivity index (χ0v) is 12.1. The minimum Gasteiger partial charge on any atom is -0.383 e. The third-order valence-electron chi connectivity index (χ3n) is 3.47. The van der Waals surface area contributed by atoms with Crippen LogP contribution < -0.4 is 5.32 Å². The predicted molar refractivity (Wildman–Crippen MR) is 84.7 cm³/mol. The Kier molecular flexibility index (Phi) is 4.28. The molecule has 3 rings (SSSR count). The molecule has 21 heavy (non-hydrogen) atoms. The Bertz CT molecular complexity index is 703. The topological polar surface area (TPSA) is 39.1 Å². The van der Waals surface area contributed by atoms with E-state index in [2.05, 4.69) is 46.8 Å². The van der Waals surface area contributed by atoms with Gasteiger partial charge in [-0.1, -0.05) is 30.3 Å². The molecule has 3 aromatic rings. The van der Waals surface area contributed by atoms with Gasteiger partial charge in [0.2, 0.25) is 0 Å².